The molecule has 0 spiro atoms. The zero-order valence-corrected chi connectivity index (χ0v) is 8.59. The smallest absolute Gasteiger partial charge is 0.107 e. The molecule has 1 rings (SSSR count). The average Bonchev–Trinajstić information content (AvgIpc) is 2.00. The summed E-state index contributed by atoms with van der Waals surface area (Å²) < 4.78 is 0.782. The molecule has 3 nitrogen and oxygen atoms in total. The van der Waals surface area contributed by atoms with Crippen LogP contribution in [0.2, 0.25) is 0 Å². The largest absolute Gasteiger partial charge is 0.397 e. The van der Waals surface area contributed by atoms with Gasteiger partial charge in [0.15, 0.2) is 0 Å². The van der Waals surface area contributed by atoms with Crippen LogP contribution in [0.25, 0.3) is 0 Å². The van der Waals surface area contributed by atoms with Crippen LogP contribution in [0, 0.1) is 6.92 Å². The van der Waals surface area contributed by atoms with Gasteiger partial charge in [0.05, 0.1) is 11.4 Å². The molecule has 0 bridgehead atoms. The molecule has 0 atom stereocenters. The highest BCUT2D eigenvalue weighted by molar-refractivity contribution is 9.10. The van der Waals surface area contributed by atoms with Gasteiger partial charge < -0.3 is 5.73 Å². The van der Waals surface area contributed by atoms with Gasteiger partial charge >= 0.3 is 0 Å². The Morgan fingerprint density at radius 2 is 2.33 bits per heavy atom. The van der Waals surface area contributed by atoms with Crippen LogP contribution in [0.15, 0.2) is 15.7 Å². The van der Waals surface area contributed by atoms with Crippen molar-refractivity contribution in [1.82, 2.24) is 4.98 Å². The first-order valence-electron chi connectivity index (χ1n) is 3.50. The van der Waals surface area contributed by atoms with Crippen LogP contribution in [0.5, 0.6) is 0 Å². The van der Waals surface area contributed by atoms with Crippen molar-refractivity contribution in [2.45, 2.75) is 6.92 Å². The fourth-order valence-corrected chi connectivity index (χ4v) is 1.43. The van der Waals surface area contributed by atoms with Crippen molar-refractivity contribution >= 4 is 27.8 Å². The number of nitrogens with two attached hydrogens (primary N) is 1. The molecule has 4 heteroatoms. The lowest BCUT2D eigenvalue weighted by Crippen LogP contribution is -1.99. The van der Waals surface area contributed by atoms with Gasteiger partial charge in [-0.15, -0.1) is 0 Å². The van der Waals surface area contributed by atoms with Crippen molar-refractivity contribution in [3.8, 4) is 0 Å². The SMILES string of the molecule is CN=Cc1cc(Br)nc(C)c1N. The summed E-state index contributed by atoms with van der Waals surface area (Å²) >= 11 is 3.29. The number of aromatic nitrogens is 1. The molecule has 0 aromatic carbocycles. The summed E-state index contributed by atoms with van der Waals surface area (Å²) in [5.74, 6) is 0. The molecule has 0 aliphatic carbocycles. The minimum Gasteiger partial charge on any atom is -0.397 e. The molecule has 12 heavy (non-hydrogen) atoms. The Balaban J connectivity index is 3.27. The van der Waals surface area contributed by atoms with Gasteiger partial charge in [-0.1, -0.05) is 0 Å². The van der Waals surface area contributed by atoms with Crippen molar-refractivity contribution in [2.75, 3.05) is 12.8 Å². The normalized spacial score (nSPS) is 10.9. The van der Waals surface area contributed by atoms with Gasteiger partial charge in [-0.2, -0.15) is 0 Å². The standard InChI is InChI=1S/C8H10BrN3/c1-5-8(10)6(4-11-2)3-7(9)12-5/h3-4H,10H2,1-2H3. The number of rotatable bonds is 1. The number of hydrogen-bond acceptors (Lipinski definition) is 3. The van der Waals surface area contributed by atoms with E-state index in [0.717, 1.165) is 15.9 Å². The van der Waals surface area contributed by atoms with Gasteiger partial charge in [-0.3, -0.25) is 4.99 Å². The molecular formula is C8H10BrN3. The predicted octanol–water partition coefficient (Wildman–Crippen LogP) is 1.78. The fraction of sp³-hybridized carbons (Fsp3) is 0.250. The molecule has 0 saturated heterocycles. The monoisotopic (exact) mass is 227 g/mol. The topological polar surface area (TPSA) is 51.3 Å². The van der Waals surface area contributed by atoms with E-state index < -0.39 is 0 Å². The highest BCUT2D eigenvalue weighted by Crippen LogP contribution is 2.17. The maximum absolute atomic E-state index is 5.76. The fourth-order valence-electron chi connectivity index (χ4n) is 0.914. The van der Waals surface area contributed by atoms with Crippen molar-refractivity contribution in [1.29, 1.82) is 0 Å². The Hall–Kier alpha value is -0.900. The summed E-state index contributed by atoms with van der Waals surface area (Å²) in [6.45, 7) is 1.87. The molecule has 64 valence electrons. The maximum Gasteiger partial charge on any atom is 0.107 e. The molecule has 1 aromatic heterocycles. The number of aryl methyl sites for hydroxylation is 1. The summed E-state index contributed by atoms with van der Waals surface area (Å²) in [6.07, 6.45) is 1.72. The van der Waals surface area contributed by atoms with E-state index in [1.54, 1.807) is 13.3 Å². The van der Waals surface area contributed by atoms with Gasteiger partial charge in [0.2, 0.25) is 0 Å². The Morgan fingerprint density at radius 1 is 1.67 bits per heavy atom. The molecule has 0 radical (unpaired) electrons. The van der Waals surface area contributed by atoms with E-state index in [2.05, 4.69) is 25.9 Å². The number of halogens is 1. The number of nitrogen functional groups attached to an aromatic ring is 1. The lowest BCUT2D eigenvalue weighted by Gasteiger charge is -2.03. The minimum atomic E-state index is 0.684. The van der Waals surface area contributed by atoms with Gasteiger partial charge in [0.1, 0.15) is 4.60 Å². The molecule has 1 aromatic rings. The number of nitrogens with zero attached hydrogens (tertiary/aromatic N) is 2. The molecule has 0 saturated carbocycles. The Labute approximate surface area is 79.8 Å². The van der Waals surface area contributed by atoms with E-state index in [1.807, 2.05) is 13.0 Å². The summed E-state index contributed by atoms with van der Waals surface area (Å²) in [4.78, 5) is 8.04. The lowest BCUT2D eigenvalue weighted by molar-refractivity contribution is 1.17. The molecule has 0 fully saturated rings. The van der Waals surface area contributed by atoms with Crippen molar-refractivity contribution < 1.29 is 0 Å². The van der Waals surface area contributed by atoms with Crippen LogP contribution in [0.1, 0.15) is 11.3 Å². The third kappa shape index (κ3) is 1.82. The van der Waals surface area contributed by atoms with E-state index in [1.165, 1.54) is 0 Å². The molecule has 0 unspecified atom stereocenters. The van der Waals surface area contributed by atoms with E-state index in [0.29, 0.717) is 5.69 Å². The van der Waals surface area contributed by atoms with E-state index in [9.17, 15) is 0 Å². The number of aliphatic imine (C=N–C) groups is 1. The Bertz CT molecular complexity index is 320. The predicted molar refractivity (Wildman–Crippen MR) is 54.6 cm³/mol. The number of hydrogen-bond donors (Lipinski definition) is 1. The first kappa shape index (κ1) is 9.19. The van der Waals surface area contributed by atoms with Gasteiger partial charge in [-0.25, -0.2) is 4.98 Å². The zero-order valence-electron chi connectivity index (χ0n) is 7.00. The van der Waals surface area contributed by atoms with E-state index >= 15 is 0 Å². The second-order valence-corrected chi connectivity index (χ2v) is 3.23. The Morgan fingerprint density at radius 3 is 2.92 bits per heavy atom. The van der Waals surface area contributed by atoms with Crippen LogP contribution in [0.4, 0.5) is 5.69 Å². The van der Waals surface area contributed by atoms with Crippen molar-refractivity contribution in [2.24, 2.45) is 4.99 Å². The highest BCUT2D eigenvalue weighted by atomic mass is 79.9. The highest BCUT2D eigenvalue weighted by Gasteiger charge is 2.02. The van der Waals surface area contributed by atoms with E-state index in [4.69, 9.17) is 5.73 Å². The number of anilines is 1. The summed E-state index contributed by atoms with van der Waals surface area (Å²) in [5, 5.41) is 0. The van der Waals surface area contributed by atoms with Gasteiger partial charge in [0, 0.05) is 18.8 Å². The number of pyridine rings is 1. The molecule has 0 amide bonds. The first-order chi connectivity index (χ1) is 5.65. The second-order valence-electron chi connectivity index (χ2n) is 2.42. The van der Waals surface area contributed by atoms with E-state index in [-0.39, 0.29) is 0 Å². The lowest BCUT2D eigenvalue weighted by atomic mass is 10.2. The first-order valence-corrected chi connectivity index (χ1v) is 4.29. The minimum absolute atomic E-state index is 0.684. The summed E-state index contributed by atoms with van der Waals surface area (Å²) in [7, 11) is 1.71. The van der Waals surface area contributed by atoms with Crippen LogP contribution in [-0.2, 0) is 0 Å². The van der Waals surface area contributed by atoms with Crippen molar-refractivity contribution in [3.05, 3.63) is 21.9 Å². The molecule has 1 heterocycles. The maximum atomic E-state index is 5.76. The average molecular weight is 228 g/mol. The third-order valence-corrected chi connectivity index (χ3v) is 1.92. The molecular weight excluding hydrogens is 218 g/mol. The molecule has 2 N–H and O–H groups in total. The Kier molecular flexibility index (Phi) is 2.81. The van der Waals surface area contributed by atoms with Crippen molar-refractivity contribution in [3.63, 3.8) is 0 Å². The van der Waals surface area contributed by atoms with Gasteiger partial charge in [-0.05, 0) is 28.9 Å². The zero-order chi connectivity index (χ0) is 9.14. The third-order valence-electron chi connectivity index (χ3n) is 1.52. The second kappa shape index (κ2) is 3.67. The molecule has 0 aliphatic rings. The summed E-state index contributed by atoms with van der Waals surface area (Å²) in [5.41, 5.74) is 8.17. The molecule has 0 aliphatic heterocycles. The van der Waals surface area contributed by atoms with Crippen LogP contribution in [0.3, 0.4) is 0 Å². The van der Waals surface area contributed by atoms with Crippen LogP contribution >= 0.6 is 15.9 Å². The van der Waals surface area contributed by atoms with Gasteiger partial charge in [0.25, 0.3) is 0 Å². The quantitative estimate of drug-likeness (QED) is 0.588. The van der Waals surface area contributed by atoms with Crippen LogP contribution < -0.4 is 5.73 Å². The summed E-state index contributed by atoms with van der Waals surface area (Å²) in [6, 6.07) is 1.84. The van der Waals surface area contributed by atoms with Crippen LogP contribution in [-0.4, -0.2) is 18.2 Å².